The molecule has 0 aliphatic carbocycles. The number of carboxylic acid groups (broad SMARTS) is 1. The quantitative estimate of drug-likeness (QED) is 0.615. The first-order valence-electron chi connectivity index (χ1n) is 2.82. The van der Waals surface area contributed by atoms with E-state index in [1.54, 1.807) is 6.92 Å². The number of hydrogen-bond donors (Lipinski definition) is 1. The highest BCUT2D eigenvalue weighted by atomic mass is 16.4. The Kier molecular flexibility index (Phi) is 3.45. The lowest BCUT2D eigenvalue weighted by molar-refractivity contribution is -0.141. The average Bonchev–Trinajstić information content (AvgIpc) is 1.82. The van der Waals surface area contributed by atoms with E-state index in [9.17, 15) is 4.79 Å². The van der Waals surface area contributed by atoms with E-state index in [1.807, 2.05) is 6.07 Å². The molecule has 3 heteroatoms. The molecule has 0 rings (SSSR count). The Balaban J connectivity index is 3.71. The molecule has 1 unspecified atom stereocenters. The molecule has 50 valence electrons. The van der Waals surface area contributed by atoms with Crippen LogP contribution in [0.4, 0.5) is 0 Å². The molecule has 0 aliphatic rings. The summed E-state index contributed by atoms with van der Waals surface area (Å²) in [5.74, 6) is -1.35. The van der Waals surface area contributed by atoms with Crippen molar-refractivity contribution in [1.29, 1.82) is 5.26 Å². The van der Waals surface area contributed by atoms with Crippen molar-refractivity contribution in [3.63, 3.8) is 0 Å². The molecule has 1 N–H and O–H groups in total. The van der Waals surface area contributed by atoms with Crippen molar-refractivity contribution in [3.8, 4) is 6.07 Å². The fraction of sp³-hybridized carbons (Fsp3) is 0.667. The maximum atomic E-state index is 10.2. The number of aliphatic carboxylic acids is 1. The van der Waals surface area contributed by atoms with Gasteiger partial charge in [-0.2, -0.15) is 5.26 Å². The van der Waals surface area contributed by atoms with Gasteiger partial charge in [0, 0.05) is 6.42 Å². The van der Waals surface area contributed by atoms with Crippen LogP contribution in [0.5, 0.6) is 0 Å². The normalized spacial score (nSPS) is 12.0. The van der Waals surface area contributed by atoms with Gasteiger partial charge in [-0.1, -0.05) is 6.92 Å². The number of rotatable bonds is 3. The van der Waals surface area contributed by atoms with Gasteiger partial charge in [0.1, 0.15) is 0 Å². The van der Waals surface area contributed by atoms with E-state index in [0.717, 1.165) is 0 Å². The van der Waals surface area contributed by atoms with Gasteiger partial charge in [-0.3, -0.25) is 4.79 Å². The second-order valence-corrected chi connectivity index (χ2v) is 1.81. The highest BCUT2D eigenvalue weighted by Crippen LogP contribution is 2.05. The molecule has 0 bridgehead atoms. The zero-order chi connectivity index (χ0) is 7.28. The van der Waals surface area contributed by atoms with Crippen molar-refractivity contribution in [2.45, 2.75) is 19.8 Å². The summed E-state index contributed by atoms with van der Waals surface area (Å²) >= 11 is 0. The van der Waals surface area contributed by atoms with Crippen molar-refractivity contribution in [3.05, 3.63) is 0 Å². The summed E-state index contributed by atoms with van der Waals surface area (Å²) in [7, 11) is 0. The number of carbonyl (C=O) groups is 1. The lowest BCUT2D eigenvalue weighted by atomic mass is 10.0. The predicted molar refractivity (Wildman–Crippen MR) is 31.6 cm³/mol. The standard InChI is InChI=1S/C6H9NO2/c1-2-5(3-4-7)6(8)9/h5H,2-3H2,1H3,(H,8,9). The number of nitriles is 1. The number of hydrogen-bond acceptors (Lipinski definition) is 2. The molecule has 1 atom stereocenters. The van der Waals surface area contributed by atoms with Crippen LogP contribution in [0.1, 0.15) is 19.8 Å². The summed E-state index contributed by atoms with van der Waals surface area (Å²) in [4.78, 5) is 10.2. The van der Waals surface area contributed by atoms with Gasteiger partial charge in [-0.15, -0.1) is 0 Å². The summed E-state index contributed by atoms with van der Waals surface area (Å²) in [6.07, 6.45) is 0.648. The summed E-state index contributed by atoms with van der Waals surface area (Å²) in [6, 6.07) is 1.82. The maximum absolute atomic E-state index is 10.2. The minimum Gasteiger partial charge on any atom is -0.481 e. The largest absolute Gasteiger partial charge is 0.481 e. The lowest BCUT2D eigenvalue weighted by Crippen LogP contribution is -2.11. The van der Waals surface area contributed by atoms with Crippen LogP contribution in [0.15, 0.2) is 0 Å². The van der Waals surface area contributed by atoms with Crippen molar-refractivity contribution >= 4 is 5.97 Å². The molecule has 0 aromatic rings. The Bertz CT molecular complexity index is 136. The zero-order valence-electron chi connectivity index (χ0n) is 5.29. The van der Waals surface area contributed by atoms with E-state index >= 15 is 0 Å². The van der Waals surface area contributed by atoms with Crippen LogP contribution in [-0.2, 0) is 4.79 Å². The summed E-state index contributed by atoms with van der Waals surface area (Å²) in [5, 5.41) is 16.5. The van der Waals surface area contributed by atoms with Gasteiger partial charge in [0.2, 0.25) is 0 Å². The first-order chi connectivity index (χ1) is 4.22. The van der Waals surface area contributed by atoms with Crippen LogP contribution in [0.25, 0.3) is 0 Å². The van der Waals surface area contributed by atoms with E-state index in [0.29, 0.717) is 6.42 Å². The van der Waals surface area contributed by atoms with Gasteiger partial charge in [-0.25, -0.2) is 0 Å². The van der Waals surface area contributed by atoms with E-state index in [-0.39, 0.29) is 6.42 Å². The molecule has 0 aliphatic heterocycles. The van der Waals surface area contributed by atoms with Gasteiger partial charge in [-0.05, 0) is 6.42 Å². The highest BCUT2D eigenvalue weighted by Gasteiger charge is 2.12. The second kappa shape index (κ2) is 3.90. The minimum absolute atomic E-state index is 0.117. The Morgan fingerprint density at radius 1 is 1.89 bits per heavy atom. The average molecular weight is 127 g/mol. The minimum atomic E-state index is -0.876. The van der Waals surface area contributed by atoms with Gasteiger partial charge in [0.25, 0.3) is 0 Å². The topological polar surface area (TPSA) is 61.1 Å². The summed E-state index contributed by atoms with van der Waals surface area (Å²) < 4.78 is 0. The third-order valence-corrected chi connectivity index (χ3v) is 1.18. The SMILES string of the molecule is CCC(CC#N)C(=O)O. The van der Waals surface area contributed by atoms with E-state index < -0.39 is 11.9 Å². The Morgan fingerprint density at radius 2 is 2.44 bits per heavy atom. The number of carboxylic acids is 1. The van der Waals surface area contributed by atoms with Crippen LogP contribution in [0.2, 0.25) is 0 Å². The third-order valence-electron chi connectivity index (χ3n) is 1.18. The lowest BCUT2D eigenvalue weighted by Gasteiger charge is -2.00. The molecule has 0 aromatic heterocycles. The molecule has 0 amide bonds. The molecule has 0 aromatic carbocycles. The molecule has 3 nitrogen and oxygen atoms in total. The van der Waals surface area contributed by atoms with Crippen molar-refractivity contribution < 1.29 is 9.90 Å². The fourth-order valence-electron chi connectivity index (χ4n) is 0.516. The Labute approximate surface area is 53.9 Å². The molecule has 0 fully saturated rings. The molecule has 0 heterocycles. The zero-order valence-corrected chi connectivity index (χ0v) is 5.29. The smallest absolute Gasteiger partial charge is 0.307 e. The van der Waals surface area contributed by atoms with E-state index in [4.69, 9.17) is 10.4 Å². The van der Waals surface area contributed by atoms with Crippen molar-refractivity contribution in [1.82, 2.24) is 0 Å². The number of nitrogens with zero attached hydrogens (tertiary/aromatic N) is 1. The van der Waals surface area contributed by atoms with Gasteiger partial charge in [0.05, 0.1) is 12.0 Å². The van der Waals surface area contributed by atoms with Gasteiger partial charge >= 0.3 is 5.97 Å². The molecule has 9 heavy (non-hydrogen) atoms. The predicted octanol–water partition coefficient (Wildman–Crippen LogP) is 1.01. The van der Waals surface area contributed by atoms with Gasteiger partial charge in [0.15, 0.2) is 0 Å². The van der Waals surface area contributed by atoms with Crippen LogP contribution in [0.3, 0.4) is 0 Å². The first-order valence-corrected chi connectivity index (χ1v) is 2.82. The van der Waals surface area contributed by atoms with E-state index in [1.165, 1.54) is 0 Å². The highest BCUT2D eigenvalue weighted by molar-refractivity contribution is 5.70. The monoisotopic (exact) mass is 127 g/mol. The molecule has 0 radical (unpaired) electrons. The Morgan fingerprint density at radius 3 is 2.56 bits per heavy atom. The van der Waals surface area contributed by atoms with Gasteiger partial charge < -0.3 is 5.11 Å². The molecule has 0 saturated carbocycles. The van der Waals surface area contributed by atoms with Crippen LogP contribution in [0, 0.1) is 17.2 Å². The molecular formula is C6H9NO2. The first kappa shape index (κ1) is 7.96. The summed E-state index contributed by atoms with van der Waals surface area (Å²) in [6.45, 7) is 1.76. The van der Waals surface area contributed by atoms with Crippen LogP contribution in [-0.4, -0.2) is 11.1 Å². The third kappa shape index (κ3) is 2.70. The summed E-state index contributed by atoms with van der Waals surface area (Å²) in [5.41, 5.74) is 0. The molecular weight excluding hydrogens is 118 g/mol. The maximum Gasteiger partial charge on any atom is 0.307 e. The Hall–Kier alpha value is -1.04. The second-order valence-electron chi connectivity index (χ2n) is 1.81. The van der Waals surface area contributed by atoms with Crippen LogP contribution >= 0.6 is 0 Å². The van der Waals surface area contributed by atoms with Crippen LogP contribution < -0.4 is 0 Å². The molecule has 0 saturated heterocycles. The van der Waals surface area contributed by atoms with Crippen molar-refractivity contribution in [2.75, 3.05) is 0 Å². The fourth-order valence-corrected chi connectivity index (χ4v) is 0.516. The van der Waals surface area contributed by atoms with E-state index in [2.05, 4.69) is 0 Å². The van der Waals surface area contributed by atoms with Crippen molar-refractivity contribution in [2.24, 2.45) is 5.92 Å². The molecule has 0 spiro atoms.